The summed E-state index contributed by atoms with van der Waals surface area (Å²) in [4.78, 5) is 13.4. The van der Waals surface area contributed by atoms with Crippen LogP contribution in [0.1, 0.15) is 23.2 Å². The summed E-state index contributed by atoms with van der Waals surface area (Å²) >= 11 is 0. The molecule has 3 N–H and O–H groups in total. The molecule has 18 heavy (non-hydrogen) atoms. The van der Waals surface area contributed by atoms with Gasteiger partial charge in [0.1, 0.15) is 0 Å². The van der Waals surface area contributed by atoms with Gasteiger partial charge in [0.05, 0.1) is 0 Å². The lowest BCUT2D eigenvalue weighted by molar-refractivity contribution is 0.100. The third kappa shape index (κ3) is 3.47. The lowest BCUT2D eigenvalue weighted by Gasteiger charge is -2.29. The normalized spacial score (nSPS) is 17.6. The molecule has 0 aliphatic carbocycles. The standard InChI is InChI=1S/C14H21N3O/c1-17-7-5-11(6-8-17)10-16-13-4-2-3-12(9-13)14(15)18/h2-4,9,11,16H,5-8,10H2,1H3,(H2,15,18). The monoisotopic (exact) mass is 247 g/mol. The maximum Gasteiger partial charge on any atom is 0.248 e. The lowest BCUT2D eigenvalue weighted by Crippen LogP contribution is -2.32. The van der Waals surface area contributed by atoms with Crippen LogP contribution in [-0.2, 0) is 0 Å². The number of carbonyl (C=O) groups excluding carboxylic acids is 1. The number of benzene rings is 1. The number of piperidine rings is 1. The van der Waals surface area contributed by atoms with Crippen molar-refractivity contribution in [3.8, 4) is 0 Å². The molecule has 1 saturated heterocycles. The number of carbonyl (C=O) groups is 1. The zero-order chi connectivity index (χ0) is 13.0. The van der Waals surface area contributed by atoms with Crippen molar-refractivity contribution >= 4 is 11.6 Å². The zero-order valence-corrected chi connectivity index (χ0v) is 10.9. The SMILES string of the molecule is CN1CCC(CNc2cccc(C(N)=O)c2)CC1. The van der Waals surface area contributed by atoms with Gasteiger partial charge in [0, 0.05) is 17.8 Å². The van der Waals surface area contributed by atoms with Gasteiger partial charge >= 0.3 is 0 Å². The molecule has 0 bridgehead atoms. The second-order valence-corrected chi connectivity index (χ2v) is 5.07. The summed E-state index contributed by atoms with van der Waals surface area (Å²) in [5, 5.41) is 3.40. The summed E-state index contributed by atoms with van der Waals surface area (Å²) in [6.45, 7) is 3.32. The van der Waals surface area contributed by atoms with Crippen LogP contribution in [0.5, 0.6) is 0 Å². The molecule has 1 heterocycles. The van der Waals surface area contributed by atoms with Gasteiger partial charge in [-0.15, -0.1) is 0 Å². The molecule has 0 unspecified atom stereocenters. The summed E-state index contributed by atoms with van der Waals surface area (Å²) in [6.07, 6.45) is 2.47. The summed E-state index contributed by atoms with van der Waals surface area (Å²) in [5.41, 5.74) is 6.80. The largest absolute Gasteiger partial charge is 0.385 e. The van der Waals surface area contributed by atoms with E-state index in [1.54, 1.807) is 6.07 Å². The fourth-order valence-electron chi connectivity index (χ4n) is 2.31. The van der Waals surface area contributed by atoms with E-state index in [2.05, 4.69) is 17.3 Å². The van der Waals surface area contributed by atoms with Crippen molar-refractivity contribution in [3.05, 3.63) is 29.8 Å². The molecular formula is C14H21N3O. The fraction of sp³-hybridized carbons (Fsp3) is 0.500. The number of hydrogen-bond acceptors (Lipinski definition) is 3. The number of nitrogens with one attached hydrogen (secondary N) is 1. The number of anilines is 1. The minimum Gasteiger partial charge on any atom is -0.385 e. The van der Waals surface area contributed by atoms with Gasteiger partial charge in [0.15, 0.2) is 0 Å². The molecule has 2 rings (SSSR count). The highest BCUT2D eigenvalue weighted by molar-refractivity contribution is 5.93. The highest BCUT2D eigenvalue weighted by Gasteiger charge is 2.16. The molecule has 98 valence electrons. The van der Waals surface area contributed by atoms with Gasteiger partial charge in [-0.25, -0.2) is 0 Å². The van der Waals surface area contributed by atoms with Crippen LogP contribution in [0, 0.1) is 5.92 Å². The molecule has 0 spiro atoms. The Morgan fingerprint density at radius 2 is 2.17 bits per heavy atom. The van der Waals surface area contributed by atoms with E-state index < -0.39 is 0 Å². The average Bonchev–Trinajstić information content (AvgIpc) is 2.38. The molecule has 4 nitrogen and oxygen atoms in total. The summed E-state index contributed by atoms with van der Waals surface area (Å²) in [5.74, 6) is 0.344. The predicted molar refractivity (Wildman–Crippen MR) is 73.7 cm³/mol. The second kappa shape index (κ2) is 5.87. The first-order valence-corrected chi connectivity index (χ1v) is 6.47. The molecule has 1 aliphatic rings. The Labute approximate surface area is 108 Å². The second-order valence-electron chi connectivity index (χ2n) is 5.07. The Kier molecular flexibility index (Phi) is 4.20. The van der Waals surface area contributed by atoms with Crippen LogP contribution >= 0.6 is 0 Å². The summed E-state index contributed by atoms with van der Waals surface area (Å²) < 4.78 is 0. The van der Waals surface area contributed by atoms with Crippen LogP contribution in [0.15, 0.2) is 24.3 Å². The molecule has 0 radical (unpaired) electrons. The summed E-state index contributed by atoms with van der Waals surface area (Å²) in [7, 11) is 2.17. The van der Waals surface area contributed by atoms with Crippen LogP contribution in [0.4, 0.5) is 5.69 Å². The Bertz CT molecular complexity index is 411. The lowest BCUT2D eigenvalue weighted by atomic mass is 9.97. The van der Waals surface area contributed by atoms with Crippen LogP contribution < -0.4 is 11.1 Å². The highest BCUT2D eigenvalue weighted by atomic mass is 16.1. The van der Waals surface area contributed by atoms with Crippen molar-refractivity contribution in [2.75, 3.05) is 32.0 Å². The maximum absolute atomic E-state index is 11.1. The van der Waals surface area contributed by atoms with Gasteiger partial charge in [0.25, 0.3) is 0 Å². The fourth-order valence-corrected chi connectivity index (χ4v) is 2.31. The van der Waals surface area contributed by atoms with Crippen molar-refractivity contribution in [1.82, 2.24) is 4.90 Å². The number of nitrogens with two attached hydrogens (primary N) is 1. The number of hydrogen-bond donors (Lipinski definition) is 2. The molecule has 1 aromatic rings. The predicted octanol–water partition coefficient (Wildman–Crippen LogP) is 1.54. The molecule has 1 aromatic carbocycles. The van der Waals surface area contributed by atoms with E-state index in [0.717, 1.165) is 18.2 Å². The molecule has 0 aromatic heterocycles. The van der Waals surface area contributed by atoms with Crippen molar-refractivity contribution in [1.29, 1.82) is 0 Å². The van der Waals surface area contributed by atoms with E-state index in [1.165, 1.54) is 25.9 Å². The third-order valence-electron chi connectivity index (χ3n) is 3.58. The molecule has 0 atom stereocenters. The Morgan fingerprint density at radius 1 is 1.44 bits per heavy atom. The van der Waals surface area contributed by atoms with Gasteiger partial charge in [-0.05, 0) is 57.1 Å². The number of rotatable bonds is 4. The minimum absolute atomic E-state index is 0.377. The van der Waals surface area contributed by atoms with Gasteiger partial charge in [-0.2, -0.15) is 0 Å². The van der Waals surface area contributed by atoms with Crippen LogP contribution in [-0.4, -0.2) is 37.5 Å². The van der Waals surface area contributed by atoms with Gasteiger partial charge < -0.3 is 16.0 Å². The number of nitrogens with zero attached hydrogens (tertiary/aromatic N) is 1. The first kappa shape index (κ1) is 12.9. The van der Waals surface area contributed by atoms with Gasteiger partial charge in [0.2, 0.25) is 5.91 Å². The Balaban J connectivity index is 1.86. The Morgan fingerprint density at radius 3 is 2.83 bits per heavy atom. The van der Waals surface area contributed by atoms with Crippen LogP contribution in [0.2, 0.25) is 0 Å². The maximum atomic E-state index is 11.1. The van der Waals surface area contributed by atoms with E-state index in [-0.39, 0.29) is 5.91 Å². The first-order chi connectivity index (χ1) is 8.65. The minimum atomic E-state index is -0.377. The molecular weight excluding hydrogens is 226 g/mol. The van der Waals surface area contributed by atoms with Crippen molar-refractivity contribution in [3.63, 3.8) is 0 Å². The van der Waals surface area contributed by atoms with Gasteiger partial charge in [-0.3, -0.25) is 4.79 Å². The van der Waals surface area contributed by atoms with Crippen molar-refractivity contribution in [2.45, 2.75) is 12.8 Å². The molecule has 1 fully saturated rings. The van der Waals surface area contributed by atoms with Crippen molar-refractivity contribution < 1.29 is 4.79 Å². The summed E-state index contributed by atoms with van der Waals surface area (Å²) in [6, 6.07) is 7.39. The third-order valence-corrected chi connectivity index (χ3v) is 3.58. The van der Waals surface area contributed by atoms with Crippen LogP contribution in [0.3, 0.4) is 0 Å². The Hall–Kier alpha value is -1.55. The van der Waals surface area contributed by atoms with E-state index in [9.17, 15) is 4.79 Å². The van der Waals surface area contributed by atoms with E-state index >= 15 is 0 Å². The van der Waals surface area contributed by atoms with Gasteiger partial charge in [-0.1, -0.05) is 6.07 Å². The quantitative estimate of drug-likeness (QED) is 0.848. The topological polar surface area (TPSA) is 58.4 Å². The molecule has 1 aliphatic heterocycles. The molecule has 4 heteroatoms. The van der Waals surface area contributed by atoms with Crippen LogP contribution in [0.25, 0.3) is 0 Å². The van der Waals surface area contributed by atoms with E-state index in [4.69, 9.17) is 5.73 Å². The highest BCUT2D eigenvalue weighted by Crippen LogP contribution is 2.17. The first-order valence-electron chi connectivity index (χ1n) is 6.47. The van der Waals surface area contributed by atoms with E-state index in [1.807, 2.05) is 18.2 Å². The zero-order valence-electron chi connectivity index (χ0n) is 10.9. The number of primary amides is 1. The van der Waals surface area contributed by atoms with Crippen molar-refractivity contribution in [2.24, 2.45) is 11.7 Å². The van der Waals surface area contributed by atoms with E-state index in [0.29, 0.717) is 5.56 Å². The number of amides is 1. The smallest absolute Gasteiger partial charge is 0.248 e. The average molecular weight is 247 g/mol. The molecule has 0 saturated carbocycles. The number of likely N-dealkylation sites (tertiary alicyclic amines) is 1. The molecule has 1 amide bonds.